The van der Waals surface area contributed by atoms with Crippen LogP contribution in [0.1, 0.15) is 10.4 Å². The van der Waals surface area contributed by atoms with E-state index >= 15 is 0 Å². The van der Waals surface area contributed by atoms with Gasteiger partial charge in [-0.15, -0.1) is 0 Å². The number of benzene rings is 3. The minimum absolute atomic E-state index is 0.0601. The van der Waals surface area contributed by atoms with E-state index in [4.69, 9.17) is 11.6 Å². The molecule has 3 aromatic carbocycles. The first-order valence-corrected chi connectivity index (χ1v) is 10.4. The molecule has 8 nitrogen and oxygen atoms in total. The third kappa shape index (κ3) is 4.42. The number of para-hydroxylation sites is 1. The van der Waals surface area contributed by atoms with Crippen LogP contribution in [-0.4, -0.2) is 26.3 Å². The third-order valence-electron chi connectivity index (χ3n) is 4.28. The lowest BCUT2D eigenvalue weighted by atomic mass is 10.2. The molecule has 3 rings (SSSR count). The highest BCUT2D eigenvalue weighted by atomic mass is 35.5. The predicted octanol–water partition coefficient (Wildman–Crippen LogP) is 4.33. The number of anilines is 2. The summed E-state index contributed by atoms with van der Waals surface area (Å²) in [4.78, 5) is 22.9. The van der Waals surface area contributed by atoms with Gasteiger partial charge in [0.15, 0.2) is 0 Å². The summed E-state index contributed by atoms with van der Waals surface area (Å²) in [6, 6.07) is 17.9. The Labute approximate surface area is 177 Å². The molecule has 0 aliphatic carbocycles. The smallest absolute Gasteiger partial charge is 0.289 e. The fraction of sp³-hybridized carbons (Fsp3) is 0.0500. The molecule has 0 saturated carbocycles. The summed E-state index contributed by atoms with van der Waals surface area (Å²) in [5, 5.41) is 13.5. The molecule has 3 aromatic rings. The van der Waals surface area contributed by atoms with Crippen molar-refractivity contribution in [3.8, 4) is 0 Å². The number of rotatable bonds is 6. The Kier molecular flexibility index (Phi) is 6.04. The SMILES string of the molecule is CN(c1ccccc1)S(=O)(=O)c1cccc(C(=O)Nc2ccc(Cl)c([N+](=O)[O-])c2)c1. The fourth-order valence-electron chi connectivity index (χ4n) is 2.67. The molecule has 154 valence electrons. The number of carbonyl (C=O) groups is 1. The van der Waals surface area contributed by atoms with Crippen LogP contribution in [0.2, 0.25) is 5.02 Å². The number of amides is 1. The van der Waals surface area contributed by atoms with Crippen molar-refractivity contribution in [2.24, 2.45) is 0 Å². The molecule has 0 aliphatic rings. The van der Waals surface area contributed by atoms with Crippen LogP contribution in [0.15, 0.2) is 77.7 Å². The van der Waals surface area contributed by atoms with Crippen LogP contribution in [0.25, 0.3) is 0 Å². The number of nitrogens with one attached hydrogen (secondary N) is 1. The zero-order valence-corrected chi connectivity index (χ0v) is 17.2. The van der Waals surface area contributed by atoms with Crippen molar-refractivity contribution >= 4 is 44.6 Å². The van der Waals surface area contributed by atoms with E-state index in [1.807, 2.05) is 0 Å². The van der Waals surface area contributed by atoms with Crippen molar-refractivity contribution in [1.82, 2.24) is 0 Å². The highest BCUT2D eigenvalue weighted by Crippen LogP contribution is 2.28. The largest absolute Gasteiger partial charge is 0.322 e. The molecule has 1 N–H and O–H groups in total. The maximum Gasteiger partial charge on any atom is 0.289 e. The van der Waals surface area contributed by atoms with Crippen molar-refractivity contribution in [3.05, 3.63) is 93.5 Å². The van der Waals surface area contributed by atoms with E-state index in [1.165, 1.54) is 43.4 Å². The van der Waals surface area contributed by atoms with Gasteiger partial charge in [-0.2, -0.15) is 0 Å². The maximum absolute atomic E-state index is 12.9. The minimum Gasteiger partial charge on any atom is -0.322 e. The van der Waals surface area contributed by atoms with Gasteiger partial charge in [0, 0.05) is 24.4 Å². The Hall–Kier alpha value is -3.43. The van der Waals surface area contributed by atoms with Gasteiger partial charge in [0.05, 0.1) is 15.5 Å². The topological polar surface area (TPSA) is 110 Å². The molecule has 0 atom stereocenters. The van der Waals surface area contributed by atoms with Gasteiger partial charge in [0.1, 0.15) is 5.02 Å². The Morgan fingerprint density at radius 1 is 1.03 bits per heavy atom. The van der Waals surface area contributed by atoms with Gasteiger partial charge < -0.3 is 5.32 Å². The molecular formula is C20H16ClN3O5S. The van der Waals surface area contributed by atoms with Gasteiger partial charge in [-0.25, -0.2) is 8.42 Å². The molecule has 10 heteroatoms. The third-order valence-corrected chi connectivity index (χ3v) is 6.38. The first-order valence-electron chi connectivity index (χ1n) is 8.59. The number of sulfonamides is 1. The summed E-state index contributed by atoms with van der Waals surface area (Å²) in [5.41, 5.74) is 0.358. The Bertz CT molecular complexity index is 1220. The summed E-state index contributed by atoms with van der Waals surface area (Å²) in [7, 11) is -2.48. The lowest BCUT2D eigenvalue weighted by molar-refractivity contribution is -0.384. The van der Waals surface area contributed by atoms with E-state index in [0.29, 0.717) is 5.69 Å². The van der Waals surface area contributed by atoms with E-state index in [2.05, 4.69) is 5.32 Å². The van der Waals surface area contributed by atoms with Gasteiger partial charge in [-0.1, -0.05) is 35.9 Å². The molecule has 0 spiro atoms. The van der Waals surface area contributed by atoms with E-state index in [0.717, 1.165) is 10.4 Å². The van der Waals surface area contributed by atoms with Crippen LogP contribution < -0.4 is 9.62 Å². The Balaban J connectivity index is 1.87. The molecule has 0 aromatic heterocycles. The van der Waals surface area contributed by atoms with E-state index < -0.39 is 20.9 Å². The molecule has 0 unspecified atom stereocenters. The summed E-state index contributed by atoms with van der Waals surface area (Å²) in [6.45, 7) is 0. The molecule has 0 fully saturated rings. The summed E-state index contributed by atoms with van der Waals surface area (Å²) >= 11 is 5.77. The summed E-state index contributed by atoms with van der Waals surface area (Å²) in [5.74, 6) is -0.619. The number of nitro benzene ring substituents is 1. The van der Waals surface area contributed by atoms with Gasteiger partial charge in [0.25, 0.3) is 21.6 Å². The van der Waals surface area contributed by atoms with Crippen molar-refractivity contribution < 1.29 is 18.1 Å². The van der Waals surface area contributed by atoms with Gasteiger partial charge in [-0.05, 0) is 42.5 Å². The van der Waals surface area contributed by atoms with Gasteiger partial charge in [0.2, 0.25) is 0 Å². The standard InChI is InChI=1S/C20H16ClN3O5S/c1-23(16-7-3-2-4-8-16)30(28,29)17-9-5-6-14(12-17)20(25)22-15-10-11-18(21)19(13-15)24(26)27/h2-13H,1H3,(H,22,25). The zero-order chi connectivity index (χ0) is 21.9. The second-order valence-corrected chi connectivity index (χ2v) is 8.59. The van der Waals surface area contributed by atoms with Crippen LogP contribution in [0.4, 0.5) is 17.1 Å². The lowest BCUT2D eigenvalue weighted by Gasteiger charge is -2.19. The molecule has 0 heterocycles. The van der Waals surface area contributed by atoms with Crippen LogP contribution >= 0.6 is 11.6 Å². The fourth-order valence-corrected chi connectivity index (χ4v) is 4.09. The second-order valence-electron chi connectivity index (χ2n) is 6.21. The quantitative estimate of drug-likeness (QED) is 0.448. The van der Waals surface area contributed by atoms with Crippen molar-refractivity contribution in [2.75, 3.05) is 16.7 Å². The molecular weight excluding hydrogens is 430 g/mol. The number of halogens is 1. The predicted molar refractivity (Wildman–Crippen MR) is 115 cm³/mol. The van der Waals surface area contributed by atoms with Crippen molar-refractivity contribution in [1.29, 1.82) is 0 Å². The Morgan fingerprint density at radius 3 is 2.40 bits per heavy atom. The number of hydrogen-bond acceptors (Lipinski definition) is 5. The highest BCUT2D eigenvalue weighted by Gasteiger charge is 2.22. The number of nitrogens with zero attached hydrogens (tertiary/aromatic N) is 2. The van der Waals surface area contributed by atoms with Gasteiger partial charge in [-0.3, -0.25) is 19.2 Å². The molecule has 0 aliphatic heterocycles. The molecule has 0 bridgehead atoms. The van der Waals surface area contributed by atoms with Gasteiger partial charge >= 0.3 is 0 Å². The van der Waals surface area contributed by atoms with Crippen LogP contribution in [0, 0.1) is 10.1 Å². The van der Waals surface area contributed by atoms with Crippen LogP contribution in [-0.2, 0) is 10.0 Å². The maximum atomic E-state index is 12.9. The summed E-state index contributed by atoms with van der Waals surface area (Å²) < 4.78 is 27.0. The number of hydrogen-bond donors (Lipinski definition) is 1. The van der Waals surface area contributed by atoms with Crippen LogP contribution in [0.5, 0.6) is 0 Å². The van der Waals surface area contributed by atoms with E-state index in [-0.39, 0.29) is 26.9 Å². The van der Waals surface area contributed by atoms with Crippen molar-refractivity contribution in [3.63, 3.8) is 0 Å². The van der Waals surface area contributed by atoms with E-state index in [9.17, 15) is 23.3 Å². The minimum atomic E-state index is -3.90. The first-order chi connectivity index (χ1) is 14.2. The summed E-state index contributed by atoms with van der Waals surface area (Å²) in [6.07, 6.45) is 0. The van der Waals surface area contributed by atoms with E-state index in [1.54, 1.807) is 30.3 Å². The monoisotopic (exact) mass is 445 g/mol. The van der Waals surface area contributed by atoms with Crippen molar-refractivity contribution in [2.45, 2.75) is 4.90 Å². The lowest BCUT2D eigenvalue weighted by Crippen LogP contribution is -2.26. The second kappa shape index (κ2) is 8.52. The molecule has 0 saturated heterocycles. The average molecular weight is 446 g/mol. The molecule has 30 heavy (non-hydrogen) atoms. The molecule has 1 amide bonds. The normalized spacial score (nSPS) is 11.0. The average Bonchev–Trinajstić information content (AvgIpc) is 2.75. The number of carbonyl (C=O) groups excluding carboxylic acids is 1. The Morgan fingerprint density at radius 2 is 1.73 bits per heavy atom. The first kappa shape index (κ1) is 21.3. The number of nitro groups is 1. The molecule has 0 radical (unpaired) electrons. The highest BCUT2D eigenvalue weighted by molar-refractivity contribution is 7.92. The zero-order valence-electron chi connectivity index (χ0n) is 15.7. The van der Waals surface area contributed by atoms with Crippen LogP contribution in [0.3, 0.4) is 0 Å².